The second-order valence-corrected chi connectivity index (χ2v) is 9.68. The summed E-state index contributed by atoms with van der Waals surface area (Å²) in [5.41, 5.74) is 12.8. The molecular formula is C25H20N6O4S. The Labute approximate surface area is 205 Å². The van der Waals surface area contributed by atoms with Gasteiger partial charge in [-0.15, -0.1) is 0 Å². The van der Waals surface area contributed by atoms with Gasteiger partial charge in [-0.3, -0.25) is 4.79 Å². The molecule has 0 atom stereocenters. The van der Waals surface area contributed by atoms with Gasteiger partial charge in [0.15, 0.2) is 17.3 Å². The first-order chi connectivity index (χ1) is 17.3. The number of nitrogens with one attached hydrogen (secondary N) is 1. The van der Waals surface area contributed by atoms with Crippen LogP contribution in [-0.4, -0.2) is 33.4 Å². The molecule has 6 N–H and O–H groups in total. The largest absolute Gasteiger partial charge is 0.508 e. The number of rotatable bonds is 6. The number of carbonyl (C=O) groups is 1. The molecule has 5 rings (SSSR count). The molecular weight excluding hydrogens is 480 g/mol. The van der Waals surface area contributed by atoms with Crippen molar-refractivity contribution >= 4 is 44.0 Å². The van der Waals surface area contributed by atoms with Gasteiger partial charge in [0.2, 0.25) is 0 Å². The van der Waals surface area contributed by atoms with Gasteiger partial charge in [-0.1, -0.05) is 36.4 Å². The number of hydrogen-bond acceptors (Lipinski definition) is 8. The number of nitrogens with zero attached hydrogens (tertiary/aromatic N) is 3. The molecule has 2 heterocycles. The van der Waals surface area contributed by atoms with E-state index < -0.39 is 15.9 Å². The SMILES string of the molecule is NC(=O)c1nc(-c2cccc(O)c2)nc(Nc2cccc3c2ccn3S(=O)(=O)c2ccccc2)c1N. The Balaban J connectivity index is 1.62. The zero-order valence-electron chi connectivity index (χ0n) is 18.7. The fourth-order valence-corrected chi connectivity index (χ4v) is 5.19. The van der Waals surface area contributed by atoms with Gasteiger partial charge in [0.25, 0.3) is 15.9 Å². The summed E-state index contributed by atoms with van der Waals surface area (Å²) in [5.74, 6) is -0.637. The molecule has 3 aromatic carbocycles. The van der Waals surface area contributed by atoms with Crippen molar-refractivity contribution in [3.05, 3.63) is 90.8 Å². The number of phenols is 1. The summed E-state index contributed by atoms with van der Waals surface area (Å²) >= 11 is 0. The summed E-state index contributed by atoms with van der Waals surface area (Å²) in [5, 5.41) is 13.5. The lowest BCUT2D eigenvalue weighted by Crippen LogP contribution is -2.18. The average Bonchev–Trinajstić information content (AvgIpc) is 3.32. The molecule has 0 saturated carbocycles. The first-order valence-electron chi connectivity index (χ1n) is 10.7. The first-order valence-corrected chi connectivity index (χ1v) is 12.1. The second-order valence-electron chi connectivity index (χ2n) is 7.87. The van der Waals surface area contributed by atoms with Crippen molar-refractivity contribution in [1.29, 1.82) is 0 Å². The highest BCUT2D eigenvalue weighted by Gasteiger charge is 2.21. The van der Waals surface area contributed by atoms with Crippen LogP contribution in [0.4, 0.5) is 17.2 Å². The third kappa shape index (κ3) is 3.97. The normalized spacial score (nSPS) is 11.4. The molecule has 0 saturated heterocycles. The molecule has 0 bridgehead atoms. The van der Waals surface area contributed by atoms with E-state index in [0.717, 1.165) is 0 Å². The molecule has 0 aliphatic heterocycles. The number of primary amides is 1. The fourth-order valence-electron chi connectivity index (χ4n) is 3.82. The van der Waals surface area contributed by atoms with Crippen LogP contribution >= 0.6 is 0 Å². The molecule has 0 spiro atoms. The standard InChI is InChI=1S/C25H20N6O4S/c26-21-22(23(27)33)29-24(15-6-4-7-16(32)14-15)30-25(21)28-19-10-5-11-20-18(19)12-13-31(20)36(34,35)17-8-2-1-3-9-17/h1-14,32H,26H2,(H2,27,33)(H,28,29,30). The predicted octanol–water partition coefficient (Wildman–Crippen LogP) is 3.47. The third-order valence-electron chi connectivity index (χ3n) is 5.53. The molecule has 0 fully saturated rings. The van der Waals surface area contributed by atoms with Crippen molar-refractivity contribution in [1.82, 2.24) is 13.9 Å². The highest BCUT2D eigenvalue weighted by Crippen LogP contribution is 2.33. The number of amides is 1. The maximum absolute atomic E-state index is 13.2. The number of nitrogens with two attached hydrogens (primary N) is 2. The monoisotopic (exact) mass is 500 g/mol. The predicted molar refractivity (Wildman–Crippen MR) is 136 cm³/mol. The molecule has 5 aromatic rings. The molecule has 36 heavy (non-hydrogen) atoms. The fraction of sp³-hybridized carbons (Fsp3) is 0. The van der Waals surface area contributed by atoms with Gasteiger partial charge in [-0.2, -0.15) is 0 Å². The summed E-state index contributed by atoms with van der Waals surface area (Å²) in [4.78, 5) is 20.8. The van der Waals surface area contributed by atoms with Crippen LogP contribution in [0.15, 0.2) is 90.0 Å². The van der Waals surface area contributed by atoms with E-state index >= 15 is 0 Å². The quantitative estimate of drug-likeness (QED) is 0.275. The zero-order chi connectivity index (χ0) is 25.4. The lowest BCUT2D eigenvalue weighted by Gasteiger charge is -2.14. The van der Waals surface area contributed by atoms with Crippen LogP contribution in [-0.2, 0) is 10.0 Å². The topological polar surface area (TPSA) is 166 Å². The van der Waals surface area contributed by atoms with Crippen molar-refractivity contribution in [2.24, 2.45) is 5.73 Å². The van der Waals surface area contributed by atoms with E-state index in [1.807, 2.05) is 0 Å². The minimum Gasteiger partial charge on any atom is -0.508 e. The highest BCUT2D eigenvalue weighted by molar-refractivity contribution is 7.90. The van der Waals surface area contributed by atoms with Crippen molar-refractivity contribution in [2.45, 2.75) is 4.90 Å². The Hall–Kier alpha value is -4.90. The molecule has 10 nitrogen and oxygen atoms in total. The Bertz CT molecular complexity index is 1730. The van der Waals surface area contributed by atoms with E-state index in [0.29, 0.717) is 22.2 Å². The van der Waals surface area contributed by atoms with Crippen molar-refractivity contribution in [2.75, 3.05) is 11.1 Å². The summed E-state index contributed by atoms with van der Waals surface area (Å²) in [6, 6.07) is 21.0. The maximum Gasteiger partial charge on any atom is 0.269 e. The van der Waals surface area contributed by atoms with E-state index in [1.165, 1.54) is 34.4 Å². The number of anilines is 3. The van der Waals surface area contributed by atoms with Gasteiger partial charge in [-0.05, 0) is 42.5 Å². The van der Waals surface area contributed by atoms with Crippen LogP contribution in [0.25, 0.3) is 22.3 Å². The second kappa shape index (κ2) is 8.71. The van der Waals surface area contributed by atoms with Crippen LogP contribution in [0.1, 0.15) is 10.5 Å². The maximum atomic E-state index is 13.2. The summed E-state index contributed by atoms with van der Waals surface area (Å²) in [6.07, 6.45) is 1.47. The number of fused-ring (bicyclic) bond motifs is 1. The van der Waals surface area contributed by atoms with Gasteiger partial charge in [0.1, 0.15) is 11.4 Å². The first kappa shape index (κ1) is 22.9. The molecule has 0 unspecified atom stereocenters. The molecule has 180 valence electrons. The van der Waals surface area contributed by atoms with Crippen molar-refractivity contribution in [3.8, 4) is 17.1 Å². The molecule has 2 aromatic heterocycles. The van der Waals surface area contributed by atoms with Crippen LogP contribution in [0.3, 0.4) is 0 Å². The Kier molecular flexibility index (Phi) is 5.53. The lowest BCUT2D eigenvalue weighted by molar-refractivity contribution is 0.0996. The van der Waals surface area contributed by atoms with E-state index in [9.17, 15) is 18.3 Å². The number of aromatic hydroxyl groups is 1. The van der Waals surface area contributed by atoms with Crippen LogP contribution in [0.2, 0.25) is 0 Å². The van der Waals surface area contributed by atoms with E-state index in [4.69, 9.17) is 11.5 Å². The van der Waals surface area contributed by atoms with E-state index in [1.54, 1.807) is 54.6 Å². The number of carbonyl (C=O) groups excluding carboxylic acids is 1. The van der Waals surface area contributed by atoms with Crippen molar-refractivity contribution in [3.63, 3.8) is 0 Å². The Morgan fingerprint density at radius 2 is 1.69 bits per heavy atom. The van der Waals surface area contributed by atoms with Crippen LogP contribution in [0.5, 0.6) is 5.75 Å². The van der Waals surface area contributed by atoms with Gasteiger partial charge < -0.3 is 21.9 Å². The van der Waals surface area contributed by atoms with E-state index in [2.05, 4.69) is 15.3 Å². The number of aromatic nitrogens is 3. The Morgan fingerprint density at radius 1 is 0.944 bits per heavy atom. The minimum absolute atomic E-state index is 0.00575. The molecule has 0 aliphatic rings. The molecule has 1 amide bonds. The van der Waals surface area contributed by atoms with Gasteiger partial charge in [0, 0.05) is 22.8 Å². The molecule has 0 radical (unpaired) electrons. The molecule has 11 heteroatoms. The van der Waals surface area contributed by atoms with Crippen LogP contribution in [0, 0.1) is 0 Å². The smallest absolute Gasteiger partial charge is 0.269 e. The summed E-state index contributed by atoms with van der Waals surface area (Å²) < 4.78 is 27.6. The zero-order valence-corrected chi connectivity index (χ0v) is 19.5. The number of nitrogen functional groups attached to an aromatic ring is 1. The third-order valence-corrected chi connectivity index (χ3v) is 7.24. The van der Waals surface area contributed by atoms with E-state index in [-0.39, 0.29) is 33.7 Å². The van der Waals surface area contributed by atoms with Crippen LogP contribution < -0.4 is 16.8 Å². The van der Waals surface area contributed by atoms with Gasteiger partial charge in [-0.25, -0.2) is 22.4 Å². The number of phenolic OH excluding ortho intramolecular Hbond substituents is 1. The number of hydrogen-bond donors (Lipinski definition) is 4. The number of benzene rings is 3. The lowest BCUT2D eigenvalue weighted by atomic mass is 10.2. The summed E-state index contributed by atoms with van der Waals surface area (Å²) in [7, 11) is -3.83. The minimum atomic E-state index is -3.83. The van der Waals surface area contributed by atoms with Gasteiger partial charge in [0.05, 0.1) is 10.4 Å². The summed E-state index contributed by atoms with van der Waals surface area (Å²) in [6.45, 7) is 0. The average molecular weight is 501 g/mol. The van der Waals surface area contributed by atoms with Crippen molar-refractivity contribution < 1.29 is 18.3 Å². The van der Waals surface area contributed by atoms with Gasteiger partial charge >= 0.3 is 0 Å². The Morgan fingerprint density at radius 3 is 2.42 bits per heavy atom. The highest BCUT2D eigenvalue weighted by atomic mass is 32.2. The molecule has 0 aliphatic carbocycles.